The van der Waals surface area contributed by atoms with Crippen LogP contribution in [0.5, 0.6) is 0 Å². The maximum absolute atomic E-state index is 8.92. The van der Waals surface area contributed by atoms with Crippen molar-refractivity contribution in [2.24, 2.45) is 0 Å². The molecule has 1 unspecified atom stereocenters. The molecule has 0 radical (unpaired) electrons. The van der Waals surface area contributed by atoms with E-state index in [-0.39, 0.29) is 12.6 Å². The summed E-state index contributed by atoms with van der Waals surface area (Å²) in [6.45, 7) is 0.976. The Morgan fingerprint density at radius 2 is 2.36 bits per heavy atom. The summed E-state index contributed by atoms with van der Waals surface area (Å²) < 4.78 is 0. The van der Waals surface area contributed by atoms with Crippen LogP contribution in [-0.2, 0) is 0 Å². The Labute approximate surface area is 84.4 Å². The average Bonchev–Trinajstić information content (AvgIpc) is 2.26. The molecule has 0 saturated heterocycles. The van der Waals surface area contributed by atoms with Gasteiger partial charge < -0.3 is 15.7 Å². The molecule has 0 spiro atoms. The Bertz CT molecular complexity index is 236. The number of nitrogens with zero attached hydrogens (tertiary/aromatic N) is 1. The summed E-state index contributed by atoms with van der Waals surface area (Å²) >= 11 is 0. The third kappa shape index (κ3) is 3.72. The van der Waals surface area contributed by atoms with Crippen LogP contribution in [0.15, 0.2) is 24.4 Å². The van der Waals surface area contributed by atoms with Crippen LogP contribution in [0.3, 0.4) is 0 Å². The number of likely N-dealkylation sites (N-methyl/N-ethyl adjacent to an activating group) is 1. The number of anilines is 1. The molecule has 1 atom stereocenters. The zero-order valence-electron chi connectivity index (χ0n) is 8.40. The van der Waals surface area contributed by atoms with E-state index >= 15 is 0 Å². The second-order valence-corrected chi connectivity index (χ2v) is 3.10. The molecule has 78 valence electrons. The predicted octanol–water partition coefficient (Wildman–Crippen LogP) is 0.464. The Hall–Kier alpha value is -1.13. The largest absolute Gasteiger partial charge is 0.395 e. The highest BCUT2D eigenvalue weighted by atomic mass is 16.3. The number of pyridine rings is 1. The van der Waals surface area contributed by atoms with E-state index in [0.29, 0.717) is 0 Å². The lowest BCUT2D eigenvalue weighted by Crippen LogP contribution is -2.31. The molecule has 0 aliphatic rings. The van der Waals surface area contributed by atoms with Crippen molar-refractivity contribution in [2.75, 3.05) is 25.5 Å². The van der Waals surface area contributed by atoms with Gasteiger partial charge in [0.15, 0.2) is 0 Å². The molecule has 4 heteroatoms. The van der Waals surface area contributed by atoms with E-state index in [1.54, 1.807) is 6.20 Å². The Morgan fingerprint density at radius 3 is 2.93 bits per heavy atom. The van der Waals surface area contributed by atoms with Gasteiger partial charge in [-0.25, -0.2) is 4.98 Å². The van der Waals surface area contributed by atoms with E-state index < -0.39 is 0 Å². The fraction of sp³-hybridized carbons (Fsp3) is 0.500. The first-order chi connectivity index (χ1) is 6.86. The van der Waals surface area contributed by atoms with E-state index in [1.165, 1.54) is 0 Å². The molecule has 0 fully saturated rings. The third-order valence-corrected chi connectivity index (χ3v) is 2.09. The number of hydrogen-bond donors (Lipinski definition) is 3. The SMILES string of the molecule is CNC(CO)CCNc1ccccn1. The van der Waals surface area contributed by atoms with Crippen LogP contribution in [0.25, 0.3) is 0 Å². The molecule has 1 aromatic heterocycles. The van der Waals surface area contributed by atoms with Crippen molar-refractivity contribution < 1.29 is 5.11 Å². The lowest BCUT2D eigenvalue weighted by atomic mass is 10.2. The van der Waals surface area contributed by atoms with Gasteiger partial charge in [-0.2, -0.15) is 0 Å². The van der Waals surface area contributed by atoms with Crippen molar-refractivity contribution in [3.05, 3.63) is 24.4 Å². The standard InChI is InChI=1S/C10H17N3O/c1-11-9(8-14)5-7-13-10-4-2-3-6-12-10/h2-4,6,9,11,14H,5,7-8H2,1H3,(H,12,13). The number of hydrogen-bond acceptors (Lipinski definition) is 4. The van der Waals surface area contributed by atoms with Crippen molar-refractivity contribution in [1.82, 2.24) is 10.3 Å². The van der Waals surface area contributed by atoms with Gasteiger partial charge in [-0.05, 0) is 25.6 Å². The van der Waals surface area contributed by atoms with Gasteiger partial charge in [-0.3, -0.25) is 0 Å². The molecule has 3 N–H and O–H groups in total. The van der Waals surface area contributed by atoms with Gasteiger partial charge in [-0.15, -0.1) is 0 Å². The normalized spacial score (nSPS) is 12.4. The lowest BCUT2D eigenvalue weighted by Gasteiger charge is -2.13. The second-order valence-electron chi connectivity index (χ2n) is 3.10. The van der Waals surface area contributed by atoms with Gasteiger partial charge in [0.05, 0.1) is 6.61 Å². The highest BCUT2D eigenvalue weighted by Crippen LogP contribution is 2.00. The lowest BCUT2D eigenvalue weighted by molar-refractivity contribution is 0.244. The molecule has 4 nitrogen and oxygen atoms in total. The molecular weight excluding hydrogens is 178 g/mol. The molecule has 14 heavy (non-hydrogen) atoms. The average molecular weight is 195 g/mol. The van der Waals surface area contributed by atoms with Gasteiger partial charge in [0.1, 0.15) is 5.82 Å². The van der Waals surface area contributed by atoms with Crippen LogP contribution in [0.2, 0.25) is 0 Å². The highest BCUT2D eigenvalue weighted by molar-refractivity contribution is 5.32. The van der Waals surface area contributed by atoms with Crippen molar-refractivity contribution in [1.29, 1.82) is 0 Å². The van der Waals surface area contributed by atoms with Crippen molar-refractivity contribution in [3.63, 3.8) is 0 Å². The highest BCUT2D eigenvalue weighted by Gasteiger charge is 2.02. The summed E-state index contributed by atoms with van der Waals surface area (Å²) in [5, 5.41) is 15.1. The molecule has 0 bridgehead atoms. The van der Waals surface area contributed by atoms with Crippen molar-refractivity contribution >= 4 is 5.82 Å². The van der Waals surface area contributed by atoms with E-state index in [1.807, 2.05) is 25.2 Å². The molecule has 0 aromatic carbocycles. The van der Waals surface area contributed by atoms with Crippen LogP contribution in [0, 0.1) is 0 Å². The van der Waals surface area contributed by atoms with E-state index in [0.717, 1.165) is 18.8 Å². The number of nitrogens with one attached hydrogen (secondary N) is 2. The first-order valence-corrected chi connectivity index (χ1v) is 4.80. The first-order valence-electron chi connectivity index (χ1n) is 4.80. The minimum Gasteiger partial charge on any atom is -0.395 e. The van der Waals surface area contributed by atoms with Crippen molar-refractivity contribution in [2.45, 2.75) is 12.5 Å². The molecule has 1 heterocycles. The number of aliphatic hydroxyl groups excluding tert-OH is 1. The van der Waals surface area contributed by atoms with Gasteiger partial charge in [0.2, 0.25) is 0 Å². The number of aromatic nitrogens is 1. The predicted molar refractivity (Wildman–Crippen MR) is 57.3 cm³/mol. The summed E-state index contributed by atoms with van der Waals surface area (Å²) in [5.41, 5.74) is 0. The Kier molecular flexibility index (Phi) is 4.96. The second kappa shape index (κ2) is 6.34. The molecule has 1 aromatic rings. The third-order valence-electron chi connectivity index (χ3n) is 2.09. The van der Waals surface area contributed by atoms with Crippen LogP contribution in [0.4, 0.5) is 5.82 Å². The molecule has 1 rings (SSSR count). The van der Waals surface area contributed by atoms with E-state index in [4.69, 9.17) is 5.11 Å². The maximum atomic E-state index is 8.92. The molecule has 0 aliphatic carbocycles. The molecule has 0 saturated carbocycles. The zero-order valence-corrected chi connectivity index (χ0v) is 8.40. The summed E-state index contributed by atoms with van der Waals surface area (Å²) in [7, 11) is 1.85. The quantitative estimate of drug-likeness (QED) is 0.617. The van der Waals surface area contributed by atoms with Crippen LogP contribution in [0.1, 0.15) is 6.42 Å². The van der Waals surface area contributed by atoms with Gasteiger partial charge in [-0.1, -0.05) is 6.07 Å². The summed E-state index contributed by atoms with van der Waals surface area (Å²) in [4.78, 5) is 4.13. The fourth-order valence-corrected chi connectivity index (χ4v) is 1.17. The van der Waals surface area contributed by atoms with Crippen LogP contribution < -0.4 is 10.6 Å². The van der Waals surface area contributed by atoms with Crippen molar-refractivity contribution in [3.8, 4) is 0 Å². The van der Waals surface area contributed by atoms with Crippen LogP contribution in [-0.4, -0.2) is 36.3 Å². The van der Waals surface area contributed by atoms with E-state index in [2.05, 4.69) is 15.6 Å². The molecule has 0 aliphatic heterocycles. The topological polar surface area (TPSA) is 57.2 Å². The van der Waals surface area contributed by atoms with Gasteiger partial charge in [0, 0.05) is 18.8 Å². The molecular formula is C10H17N3O. The summed E-state index contributed by atoms with van der Waals surface area (Å²) in [5.74, 6) is 0.875. The maximum Gasteiger partial charge on any atom is 0.125 e. The smallest absolute Gasteiger partial charge is 0.125 e. The van der Waals surface area contributed by atoms with E-state index in [9.17, 15) is 0 Å². The van der Waals surface area contributed by atoms with Gasteiger partial charge >= 0.3 is 0 Å². The monoisotopic (exact) mass is 195 g/mol. The fourth-order valence-electron chi connectivity index (χ4n) is 1.17. The minimum absolute atomic E-state index is 0.159. The van der Waals surface area contributed by atoms with Gasteiger partial charge in [0.25, 0.3) is 0 Å². The Morgan fingerprint density at radius 1 is 1.50 bits per heavy atom. The first kappa shape index (κ1) is 10.9. The summed E-state index contributed by atoms with van der Waals surface area (Å²) in [6.07, 6.45) is 2.63. The number of aliphatic hydroxyl groups is 1. The Balaban J connectivity index is 2.21. The summed E-state index contributed by atoms with van der Waals surface area (Å²) in [6, 6.07) is 5.91. The minimum atomic E-state index is 0.159. The number of rotatable bonds is 6. The molecule has 0 amide bonds. The van der Waals surface area contributed by atoms with Crippen LogP contribution >= 0.6 is 0 Å². The zero-order chi connectivity index (χ0) is 10.2.